The minimum atomic E-state index is -1.43. The molecule has 0 bridgehead atoms. The van der Waals surface area contributed by atoms with Crippen LogP contribution in [0.15, 0.2) is 47.4 Å². The Bertz CT molecular complexity index is 895. The number of halogens is 2. The molecule has 1 atom stereocenters. The Hall–Kier alpha value is -2.51. The highest BCUT2D eigenvalue weighted by atomic mass is 35.5. The van der Waals surface area contributed by atoms with E-state index in [9.17, 15) is 18.8 Å². The maximum Gasteiger partial charge on any atom is 0.251 e. The van der Waals surface area contributed by atoms with Crippen LogP contribution in [0.3, 0.4) is 0 Å². The third-order valence-corrected chi connectivity index (χ3v) is 4.87. The van der Waals surface area contributed by atoms with Crippen LogP contribution in [0.25, 0.3) is 0 Å². The summed E-state index contributed by atoms with van der Waals surface area (Å²) in [7, 11) is 0. The summed E-state index contributed by atoms with van der Waals surface area (Å²) in [5, 5.41) is 2.95. The average Bonchev–Trinajstić information content (AvgIpc) is 2.71. The van der Waals surface area contributed by atoms with Crippen LogP contribution in [0.2, 0.25) is 5.02 Å². The van der Waals surface area contributed by atoms with Crippen molar-refractivity contribution in [1.29, 1.82) is 0 Å². The van der Waals surface area contributed by atoms with Gasteiger partial charge in [-0.2, -0.15) is 0 Å². The number of amides is 1. The lowest BCUT2D eigenvalue weighted by atomic mass is 10.0. The second kappa shape index (κ2) is 10.9. The minimum Gasteiger partial charge on any atom is -0.354 e. The SMILES string of the molecule is CCN(CC)CCCNC(=O)[C@@H](C(=O)c1ccc(F)cc1)n1cc(Cl)ccc1=O. The van der Waals surface area contributed by atoms with Crippen LogP contribution in [-0.2, 0) is 4.79 Å². The van der Waals surface area contributed by atoms with E-state index in [0.717, 1.165) is 36.3 Å². The number of nitrogens with one attached hydrogen (secondary N) is 1. The molecule has 1 N–H and O–H groups in total. The molecule has 0 spiro atoms. The topological polar surface area (TPSA) is 71.4 Å². The molecule has 29 heavy (non-hydrogen) atoms. The van der Waals surface area contributed by atoms with Crippen molar-refractivity contribution in [2.24, 2.45) is 0 Å². The first-order valence-corrected chi connectivity index (χ1v) is 9.92. The summed E-state index contributed by atoms with van der Waals surface area (Å²) < 4.78 is 14.2. The summed E-state index contributed by atoms with van der Waals surface area (Å²) in [6, 6.07) is 5.99. The predicted molar refractivity (Wildman–Crippen MR) is 111 cm³/mol. The summed E-state index contributed by atoms with van der Waals surface area (Å²) in [5.74, 6) is -1.72. The molecule has 0 radical (unpaired) electrons. The van der Waals surface area contributed by atoms with E-state index in [4.69, 9.17) is 11.6 Å². The molecule has 0 aliphatic carbocycles. The summed E-state index contributed by atoms with van der Waals surface area (Å²) in [6.45, 7) is 7.11. The molecule has 1 aromatic heterocycles. The van der Waals surface area contributed by atoms with Crippen LogP contribution >= 0.6 is 11.6 Å². The molecule has 0 fully saturated rings. The van der Waals surface area contributed by atoms with Crippen molar-refractivity contribution >= 4 is 23.3 Å². The summed E-state index contributed by atoms with van der Waals surface area (Å²) in [4.78, 5) is 40.4. The van der Waals surface area contributed by atoms with Gasteiger partial charge in [0.15, 0.2) is 11.8 Å². The summed E-state index contributed by atoms with van der Waals surface area (Å²) in [6.07, 6.45) is 1.96. The van der Waals surface area contributed by atoms with Crippen molar-refractivity contribution < 1.29 is 14.0 Å². The fourth-order valence-electron chi connectivity index (χ4n) is 2.97. The van der Waals surface area contributed by atoms with Gasteiger partial charge in [-0.15, -0.1) is 0 Å². The number of pyridine rings is 1. The number of hydrogen-bond acceptors (Lipinski definition) is 4. The van der Waals surface area contributed by atoms with Crippen LogP contribution < -0.4 is 10.9 Å². The van der Waals surface area contributed by atoms with Crippen molar-refractivity contribution in [3.63, 3.8) is 0 Å². The van der Waals surface area contributed by atoms with Gasteiger partial charge in [-0.1, -0.05) is 25.4 Å². The highest BCUT2D eigenvalue weighted by Crippen LogP contribution is 2.16. The van der Waals surface area contributed by atoms with E-state index in [1.165, 1.54) is 30.5 Å². The Kier molecular flexibility index (Phi) is 8.54. The first-order chi connectivity index (χ1) is 13.9. The van der Waals surface area contributed by atoms with Gasteiger partial charge in [-0.25, -0.2) is 4.39 Å². The standard InChI is InChI=1S/C21H25ClFN3O3/c1-3-25(4-2)13-5-12-24-21(29)19(26-14-16(22)8-11-18(26)27)20(28)15-6-9-17(23)10-7-15/h6-11,14,19H,3-5,12-13H2,1-2H3,(H,24,29)/t19-/m1/s1. The smallest absolute Gasteiger partial charge is 0.251 e. The summed E-state index contributed by atoms with van der Waals surface area (Å²) >= 11 is 5.97. The molecule has 0 aliphatic rings. The monoisotopic (exact) mass is 421 g/mol. The van der Waals surface area contributed by atoms with Gasteiger partial charge in [0.25, 0.3) is 11.5 Å². The fraction of sp³-hybridized carbons (Fsp3) is 0.381. The molecular weight excluding hydrogens is 397 g/mol. The first-order valence-electron chi connectivity index (χ1n) is 9.54. The molecule has 1 heterocycles. The van der Waals surface area contributed by atoms with Crippen LogP contribution in [0.5, 0.6) is 0 Å². The third kappa shape index (κ3) is 6.24. The second-order valence-corrected chi connectivity index (χ2v) is 6.97. The number of aromatic nitrogens is 1. The molecule has 6 nitrogen and oxygen atoms in total. The fourth-order valence-corrected chi connectivity index (χ4v) is 3.14. The van der Waals surface area contributed by atoms with E-state index in [-0.39, 0.29) is 10.6 Å². The Labute approximate surface area is 174 Å². The largest absolute Gasteiger partial charge is 0.354 e. The van der Waals surface area contributed by atoms with Crippen LogP contribution in [0.4, 0.5) is 4.39 Å². The molecule has 0 saturated heterocycles. The Morgan fingerprint density at radius 2 is 1.79 bits per heavy atom. The van der Waals surface area contributed by atoms with E-state index in [0.29, 0.717) is 13.0 Å². The van der Waals surface area contributed by atoms with Gasteiger partial charge in [0.1, 0.15) is 5.82 Å². The van der Waals surface area contributed by atoms with Gasteiger partial charge in [-0.05, 0) is 56.4 Å². The molecule has 0 saturated carbocycles. The average molecular weight is 422 g/mol. The molecule has 2 rings (SSSR count). The number of benzene rings is 1. The maximum atomic E-state index is 13.2. The van der Waals surface area contributed by atoms with Gasteiger partial charge in [0.05, 0.1) is 5.02 Å². The lowest BCUT2D eigenvalue weighted by molar-refractivity contribution is -0.123. The zero-order valence-electron chi connectivity index (χ0n) is 16.5. The van der Waals surface area contributed by atoms with Crippen LogP contribution in [-0.4, -0.2) is 47.3 Å². The highest BCUT2D eigenvalue weighted by Gasteiger charge is 2.30. The Morgan fingerprint density at radius 3 is 2.41 bits per heavy atom. The number of Topliss-reactive ketones (excluding diaryl/α,β-unsaturated/α-hetero) is 1. The maximum absolute atomic E-state index is 13.2. The van der Waals surface area contributed by atoms with E-state index < -0.39 is 29.1 Å². The number of rotatable bonds is 10. The molecular formula is C21H25ClFN3O3. The zero-order chi connectivity index (χ0) is 21.4. The third-order valence-electron chi connectivity index (χ3n) is 4.65. The molecule has 1 aromatic carbocycles. The van der Waals surface area contributed by atoms with Crippen molar-refractivity contribution in [3.8, 4) is 0 Å². The van der Waals surface area contributed by atoms with Gasteiger partial charge < -0.3 is 10.2 Å². The zero-order valence-corrected chi connectivity index (χ0v) is 17.3. The minimum absolute atomic E-state index is 0.126. The molecule has 0 aliphatic heterocycles. The molecule has 2 aromatic rings. The van der Waals surface area contributed by atoms with E-state index in [2.05, 4.69) is 24.1 Å². The van der Waals surface area contributed by atoms with Crippen molar-refractivity contribution in [2.75, 3.05) is 26.2 Å². The number of ketones is 1. The highest BCUT2D eigenvalue weighted by molar-refractivity contribution is 6.30. The predicted octanol–water partition coefficient (Wildman–Crippen LogP) is 2.91. The van der Waals surface area contributed by atoms with Crippen molar-refractivity contribution in [2.45, 2.75) is 26.3 Å². The van der Waals surface area contributed by atoms with Gasteiger partial charge >= 0.3 is 0 Å². The number of carbonyl (C=O) groups excluding carboxylic acids is 2. The molecule has 0 unspecified atom stereocenters. The van der Waals surface area contributed by atoms with Crippen LogP contribution in [0.1, 0.15) is 36.7 Å². The van der Waals surface area contributed by atoms with Gasteiger partial charge in [0, 0.05) is 24.4 Å². The lowest BCUT2D eigenvalue weighted by Gasteiger charge is -2.20. The number of carbonyl (C=O) groups is 2. The van der Waals surface area contributed by atoms with E-state index in [1.54, 1.807) is 0 Å². The molecule has 8 heteroatoms. The second-order valence-electron chi connectivity index (χ2n) is 6.54. The first kappa shape index (κ1) is 22.8. The number of hydrogen-bond donors (Lipinski definition) is 1. The lowest BCUT2D eigenvalue weighted by Crippen LogP contribution is -2.42. The van der Waals surface area contributed by atoms with E-state index >= 15 is 0 Å². The van der Waals surface area contributed by atoms with Crippen molar-refractivity contribution in [1.82, 2.24) is 14.8 Å². The number of nitrogens with zero attached hydrogens (tertiary/aromatic N) is 2. The van der Waals surface area contributed by atoms with Crippen LogP contribution in [0, 0.1) is 5.82 Å². The normalized spacial score (nSPS) is 12.0. The van der Waals surface area contributed by atoms with E-state index in [1.807, 2.05) is 0 Å². The summed E-state index contributed by atoms with van der Waals surface area (Å²) in [5.41, 5.74) is -0.408. The van der Waals surface area contributed by atoms with Crippen molar-refractivity contribution in [3.05, 3.63) is 69.4 Å². The molecule has 156 valence electrons. The Balaban J connectivity index is 2.24. The molecule has 1 amide bonds. The van der Waals surface area contributed by atoms with Gasteiger partial charge in [0.2, 0.25) is 0 Å². The van der Waals surface area contributed by atoms with Gasteiger partial charge in [-0.3, -0.25) is 19.0 Å². The Morgan fingerprint density at radius 1 is 1.14 bits per heavy atom. The quantitative estimate of drug-likeness (QED) is 0.364.